The van der Waals surface area contributed by atoms with Gasteiger partial charge in [-0.2, -0.15) is 0 Å². The molecule has 0 aliphatic rings. The molecule has 1 heterocycles. The molecule has 1 aromatic heterocycles. The highest BCUT2D eigenvalue weighted by Gasteiger charge is 2.14. The van der Waals surface area contributed by atoms with Crippen molar-refractivity contribution < 1.29 is 51.6 Å². The number of thioether (sulfide) groups is 2. The Labute approximate surface area is 239 Å². The third kappa shape index (κ3) is 11.9. The van der Waals surface area contributed by atoms with Gasteiger partial charge in [-0.15, -0.1) is 23.5 Å². The second-order valence-corrected chi connectivity index (χ2v) is 8.52. The number of nitrogens with one attached hydrogen (secondary N) is 2. The van der Waals surface area contributed by atoms with Crippen LogP contribution in [0.2, 0.25) is 0 Å². The smallest absolute Gasteiger partial charge is 0.354 e. The molecule has 3 rings (SSSR count). The Morgan fingerprint density at radius 2 is 1.44 bits per heavy atom. The molecule has 0 aliphatic heterocycles. The summed E-state index contributed by atoms with van der Waals surface area (Å²) in [5, 5.41) is 3.45. The number of anilines is 1. The molecule has 0 saturated heterocycles. The topological polar surface area (TPSA) is 124 Å². The summed E-state index contributed by atoms with van der Waals surface area (Å²) in [7, 11) is 3.77. The van der Waals surface area contributed by atoms with Gasteiger partial charge in [-0.1, -0.05) is 18.2 Å². The average molecular weight is 627 g/mol. The summed E-state index contributed by atoms with van der Waals surface area (Å²) in [6.07, 6.45) is 4.89. The van der Waals surface area contributed by atoms with Gasteiger partial charge in [-0.05, 0) is 36.8 Å². The number of pyridine rings is 1. The van der Waals surface area contributed by atoms with Crippen molar-refractivity contribution in [1.29, 1.82) is 0 Å². The first kappa shape index (κ1) is 39.1. The summed E-state index contributed by atoms with van der Waals surface area (Å²) < 4.78 is 45.7. The highest BCUT2D eigenvalue weighted by Crippen LogP contribution is 2.26. The number of aromatic nitrogens is 1. The lowest BCUT2D eigenvalue weighted by molar-refractivity contribution is -0.138. The molecule has 0 saturated carbocycles. The van der Waals surface area contributed by atoms with E-state index in [2.05, 4.69) is 24.5 Å². The number of benzene rings is 2. The standard InChI is InChI=1S/C13H15NO4S.C12H11NO3S.2F2.FH/c1-17-12(15)8-10(13(16)18-2)14-9-6-4-5-7-11(9)19-3;1-16-12(15)8-6-9(14)7-4-3-5-10(17-2)11(7)13-8;2*1-2;/h4-8,14H,1-3H3;3-6H,1-2H3,(H,13,14);;;1H/b10-8+;;;;. The van der Waals surface area contributed by atoms with Crippen molar-refractivity contribution in [3.05, 3.63) is 76.2 Å². The van der Waals surface area contributed by atoms with Gasteiger partial charge < -0.3 is 24.5 Å². The third-order valence-electron chi connectivity index (χ3n) is 4.70. The molecule has 226 valence electrons. The number of esters is 3. The van der Waals surface area contributed by atoms with Gasteiger partial charge in [0.15, 0.2) is 5.43 Å². The number of carbonyl (C=O) groups is 3. The quantitative estimate of drug-likeness (QED) is 0.107. The van der Waals surface area contributed by atoms with Crippen molar-refractivity contribution in [2.45, 2.75) is 9.79 Å². The van der Waals surface area contributed by atoms with Crippen LogP contribution in [-0.4, -0.2) is 56.7 Å². The summed E-state index contributed by atoms with van der Waals surface area (Å²) in [5.41, 5.74) is 1.40. The van der Waals surface area contributed by atoms with Gasteiger partial charge in [-0.3, -0.25) is 9.50 Å². The van der Waals surface area contributed by atoms with E-state index in [-0.39, 0.29) is 21.5 Å². The van der Waals surface area contributed by atoms with Gasteiger partial charge in [0, 0.05) is 39.5 Å². The predicted octanol–water partition coefficient (Wildman–Crippen LogP) is 5.92. The number of hydrogen-bond acceptors (Lipinski definition) is 10. The fraction of sp³-hybridized carbons (Fsp3) is 0.200. The Kier molecular flexibility index (Phi) is 20.7. The Morgan fingerprint density at radius 1 is 0.854 bits per heavy atom. The van der Waals surface area contributed by atoms with Crippen molar-refractivity contribution in [3.8, 4) is 0 Å². The largest absolute Gasteiger partial charge is 0.466 e. The Bertz CT molecular complexity index is 1360. The minimum Gasteiger partial charge on any atom is -0.466 e. The number of fused-ring (bicyclic) bond motifs is 1. The summed E-state index contributed by atoms with van der Waals surface area (Å²) in [6, 6.07) is 14.1. The zero-order valence-electron chi connectivity index (χ0n) is 22.3. The van der Waals surface area contributed by atoms with Crippen molar-refractivity contribution in [3.63, 3.8) is 0 Å². The van der Waals surface area contributed by atoms with E-state index in [1.54, 1.807) is 12.1 Å². The van der Waals surface area contributed by atoms with Crippen molar-refractivity contribution in [2.75, 3.05) is 39.2 Å². The molecule has 0 unspecified atom stereocenters. The van der Waals surface area contributed by atoms with Gasteiger partial charge >= 0.3 is 17.9 Å². The highest BCUT2D eigenvalue weighted by atomic mass is 32.2. The van der Waals surface area contributed by atoms with Crippen LogP contribution in [0.1, 0.15) is 10.5 Å². The van der Waals surface area contributed by atoms with Gasteiger partial charge in [-0.25, -0.2) is 14.4 Å². The molecule has 0 fully saturated rings. The first-order valence-electron chi connectivity index (χ1n) is 10.6. The molecular weight excluding hydrogens is 599 g/mol. The highest BCUT2D eigenvalue weighted by molar-refractivity contribution is 7.99. The zero-order valence-corrected chi connectivity index (χ0v) is 23.9. The lowest BCUT2D eigenvalue weighted by Crippen LogP contribution is -2.15. The molecule has 0 atom stereocenters. The molecule has 2 aromatic carbocycles. The molecule has 9 nitrogen and oxygen atoms in total. The molecule has 0 spiro atoms. The van der Waals surface area contributed by atoms with Gasteiger partial charge in [0.1, 0.15) is 11.4 Å². The number of methoxy groups -OCH3 is 3. The molecule has 0 aliphatic carbocycles. The third-order valence-corrected chi connectivity index (χ3v) is 6.27. The maximum absolute atomic E-state index is 11.9. The Morgan fingerprint density at radius 3 is 1.98 bits per heavy atom. The minimum absolute atomic E-state index is 0. The number of rotatable bonds is 7. The number of carbonyl (C=O) groups excluding carboxylic acids is 3. The maximum atomic E-state index is 11.9. The average Bonchev–Trinajstić information content (AvgIpc) is 3.01. The lowest BCUT2D eigenvalue weighted by Gasteiger charge is -2.11. The lowest BCUT2D eigenvalue weighted by atomic mass is 10.2. The van der Waals surface area contributed by atoms with Crippen molar-refractivity contribution >= 4 is 58.0 Å². The van der Waals surface area contributed by atoms with E-state index in [0.29, 0.717) is 10.9 Å². The molecule has 0 amide bonds. The summed E-state index contributed by atoms with van der Waals surface area (Å²) >= 11 is 3.04. The van der Waals surface area contributed by atoms with Crippen LogP contribution in [-0.2, 0) is 23.8 Å². The van der Waals surface area contributed by atoms with E-state index < -0.39 is 17.9 Å². The normalized spacial score (nSPS) is 9.63. The molecule has 0 radical (unpaired) electrons. The Balaban J connectivity index is 0. The summed E-state index contributed by atoms with van der Waals surface area (Å²) in [5.74, 6) is -1.81. The maximum Gasteiger partial charge on any atom is 0.354 e. The first-order valence-corrected chi connectivity index (χ1v) is 13.1. The van der Waals surface area contributed by atoms with Crippen LogP contribution in [0.25, 0.3) is 10.9 Å². The zero-order chi connectivity index (χ0) is 30.7. The monoisotopic (exact) mass is 626 g/mol. The van der Waals surface area contributed by atoms with E-state index in [9.17, 15) is 19.2 Å². The molecule has 16 heteroatoms. The van der Waals surface area contributed by atoms with Crippen molar-refractivity contribution in [1.82, 2.24) is 4.98 Å². The van der Waals surface area contributed by atoms with Crippen LogP contribution in [0, 0.1) is 0 Å². The van der Waals surface area contributed by atoms with Gasteiger partial charge in [0.25, 0.3) is 0 Å². The van der Waals surface area contributed by atoms with E-state index in [1.807, 2.05) is 42.8 Å². The number of aromatic amines is 1. The second kappa shape index (κ2) is 21.7. The molecule has 2 N–H and O–H groups in total. The van der Waals surface area contributed by atoms with E-state index in [1.165, 1.54) is 50.9 Å². The van der Waals surface area contributed by atoms with E-state index >= 15 is 0 Å². The van der Waals surface area contributed by atoms with Crippen LogP contribution in [0.3, 0.4) is 0 Å². The van der Waals surface area contributed by atoms with E-state index in [0.717, 1.165) is 21.6 Å². The van der Waals surface area contributed by atoms with Crippen LogP contribution >= 0.6 is 23.5 Å². The molecule has 3 aromatic rings. The minimum atomic E-state index is -0.638. The Hall–Kier alpha value is -4.05. The number of ether oxygens (including phenoxy) is 3. The van der Waals surface area contributed by atoms with Crippen LogP contribution in [0.5, 0.6) is 0 Å². The number of hydrogen-bond donors (Lipinski definition) is 2. The first-order chi connectivity index (χ1) is 19.3. The molecular formula is C25H27F5N2O7S2. The predicted molar refractivity (Wildman–Crippen MR) is 149 cm³/mol. The molecule has 0 bridgehead atoms. The number of para-hydroxylation sites is 2. The van der Waals surface area contributed by atoms with E-state index in [4.69, 9.17) is 18.3 Å². The fourth-order valence-electron chi connectivity index (χ4n) is 2.96. The number of H-pyrrole nitrogens is 1. The van der Waals surface area contributed by atoms with Gasteiger partial charge in [0.05, 0.1) is 38.6 Å². The van der Waals surface area contributed by atoms with Crippen LogP contribution in [0.15, 0.2) is 74.9 Å². The van der Waals surface area contributed by atoms with Crippen LogP contribution in [0.4, 0.5) is 28.7 Å². The van der Waals surface area contributed by atoms with Crippen LogP contribution < -0.4 is 10.7 Å². The number of halogens is 5. The summed E-state index contributed by atoms with van der Waals surface area (Å²) in [4.78, 5) is 50.9. The fourth-order valence-corrected chi connectivity index (χ4v) is 4.09. The van der Waals surface area contributed by atoms with Gasteiger partial charge in [0.2, 0.25) is 0 Å². The SMILES string of the molecule is COC(=O)/C=C(/Nc1ccccc1SC)C(=O)OC.COC(=O)c1cc(=O)c2cccc(SC)c2[nH]1.F.FF.FF. The second-order valence-electron chi connectivity index (χ2n) is 6.82. The summed E-state index contributed by atoms with van der Waals surface area (Å²) in [6.45, 7) is 0. The molecule has 41 heavy (non-hydrogen) atoms. The van der Waals surface area contributed by atoms with Crippen molar-refractivity contribution in [2.24, 2.45) is 0 Å².